The maximum absolute atomic E-state index is 12.3. The number of hydrogen-bond acceptors (Lipinski definition) is 3. The van der Waals surface area contributed by atoms with Gasteiger partial charge in [-0.25, -0.2) is 0 Å². The van der Waals surface area contributed by atoms with E-state index in [1.54, 1.807) is 25.1 Å². The lowest BCUT2D eigenvalue weighted by Crippen LogP contribution is -2.50. The van der Waals surface area contributed by atoms with Gasteiger partial charge in [0.15, 0.2) is 0 Å². The summed E-state index contributed by atoms with van der Waals surface area (Å²) in [6, 6.07) is 5.00. The van der Waals surface area contributed by atoms with Crippen molar-refractivity contribution >= 4 is 23.5 Å². The molecule has 0 radical (unpaired) electrons. The van der Waals surface area contributed by atoms with Gasteiger partial charge in [-0.3, -0.25) is 9.59 Å². The molecule has 0 aliphatic carbocycles. The Labute approximate surface area is 116 Å². The van der Waals surface area contributed by atoms with Crippen molar-refractivity contribution in [3.8, 4) is 0 Å². The second-order valence-electron chi connectivity index (χ2n) is 4.90. The largest absolute Gasteiger partial charge is 0.480 e. The molecule has 1 aromatic carbocycles. The van der Waals surface area contributed by atoms with E-state index in [-0.39, 0.29) is 18.9 Å². The zero-order valence-corrected chi connectivity index (χ0v) is 11.3. The molecule has 5 nitrogen and oxygen atoms in total. The summed E-state index contributed by atoms with van der Waals surface area (Å²) >= 11 is 5.85. The molecule has 1 aliphatic rings. The molecule has 0 bridgehead atoms. The molecule has 1 saturated heterocycles. The number of benzene rings is 1. The summed E-state index contributed by atoms with van der Waals surface area (Å²) in [5.74, 6) is -1.28. The van der Waals surface area contributed by atoms with Crippen LogP contribution in [0.15, 0.2) is 18.2 Å². The van der Waals surface area contributed by atoms with Gasteiger partial charge in [-0.15, -0.1) is 0 Å². The molecule has 1 amide bonds. The van der Waals surface area contributed by atoms with Crippen molar-refractivity contribution in [3.63, 3.8) is 0 Å². The van der Waals surface area contributed by atoms with Crippen LogP contribution in [0.2, 0.25) is 5.02 Å². The Morgan fingerprint density at radius 3 is 2.68 bits per heavy atom. The molecule has 1 heterocycles. The minimum absolute atomic E-state index is 0.0310. The van der Waals surface area contributed by atoms with Crippen molar-refractivity contribution in [1.29, 1.82) is 0 Å². The Hall–Kier alpha value is -1.59. The third kappa shape index (κ3) is 2.57. The lowest BCUT2D eigenvalue weighted by molar-refractivity contribution is -0.142. The zero-order chi connectivity index (χ0) is 14.2. The summed E-state index contributed by atoms with van der Waals surface area (Å²) in [6.07, 6.45) is 0.265. The van der Waals surface area contributed by atoms with Gasteiger partial charge in [0.1, 0.15) is 5.54 Å². The zero-order valence-electron chi connectivity index (χ0n) is 10.5. The van der Waals surface area contributed by atoms with Gasteiger partial charge in [-0.05, 0) is 37.1 Å². The van der Waals surface area contributed by atoms with Crippen LogP contribution >= 0.6 is 11.6 Å². The standard InChI is InChI=1S/C13H15ClN2O3/c1-8-6-9(14)2-3-10(8)11(17)16-5-4-13(15,7-16)12(18)19/h2-3,6H,4-5,7,15H2,1H3,(H,18,19). The molecular weight excluding hydrogens is 268 g/mol. The number of rotatable bonds is 2. The molecule has 6 heteroatoms. The van der Waals surface area contributed by atoms with E-state index in [0.29, 0.717) is 17.1 Å². The lowest BCUT2D eigenvalue weighted by Gasteiger charge is -2.20. The van der Waals surface area contributed by atoms with Crippen LogP contribution in [0, 0.1) is 6.92 Å². The third-order valence-corrected chi connectivity index (χ3v) is 3.67. The number of aliphatic carboxylic acids is 1. The molecule has 1 aliphatic heterocycles. The summed E-state index contributed by atoms with van der Waals surface area (Å²) < 4.78 is 0. The normalized spacial score (nSPS) is 22.6. The monoisotopic (exact) mass is 282 g/mol. The molecule has 3 N–H and O–H groups in total. The van der Waals surface area contributed by atoms with Crippen LogP contribution in [0.25, 0.3) is 0 Å². The first-order valence-electron chi connectivity index (χ1n) is 5.91. The van der Waals surface area contributed by atoms with Crippen molar-refractivity contribution < 1.29 is 14.7 Å². The van der Waals surface area contributed by atoms with Crippen LogP contribution in [0.3, 0.4) is 0 Å². The number of nitrogens with zero attached hydrogens (tertiary/aromatic N) is 1. The first kappa shape index (κ1) is 13.8. The van der Waals surface area contributed by atoms with Gasteiger partial charge in [-0.2, -0.15) is 0 Å². The van der Waals surface area contributed by atoms with E-state index < -0.39 is 11.5 Å². The van der Waals surface area contributed by atoms with Crippen molar-refractivity contribution in [2.24, 2.45) is 5.73 Å². The Balaban J connectivity index is 2.20. The van der Waals surface area contributed by atoms with E-state index in [0.717, 1.165) is 5.56 Å². The summed E-state index contributed by atoms with van der Waals surface area (Å²) in [6.45, 7) is 2.18. The van der Waals surface area contributed by atoms with E-state index in [9.17, 15) is 9.59 Å². The maximum atomic E-state index is 12.3. The van der Waals surface area contributed by atoms with Gasteiger partial charge >= 0.3 is 5.97 Å². The first-order valence-corrected chi connectivity index (χ1v) is 6.29. The summed E-state index contributed by atoms with van der Waals surface area (Å²) in [5.41, 5.74) is 5.71. The number of carbonyl (C=O) groups is 2. The Kier molecular flexibility index (Phi) is 3.52. The highest BCUT2D eigenvalue weighted by Gasteiger charge is 2.43. The minimum atomic E-state index is -1.34. The predicted octanol–water partition coefficient (Wildman–Crippen LogP) is 1.28. The summed E-state index contributed by atoms with van der Waals surface area (Å²) in [7, 11) is 0. The fourth-order valence-corrected chi connectivity index (χ4v) is 2.45. The highest BCUT2D eigenvalue weighted by molar-refractivity contribution is 6.30. The number of carboxylic acid groups (broad SMARTS) is 1. The lowest BCUT2D eigenvalue weighted by atomic mass is 10.0. The van der Waals surface area contributed by atoms with Crippen LogP contribution in [0.5, 0.6) is 0 Å². The molecule has 1 fully saturated rings. The molecule has 1 unspecified atom stereocenters. The number of likely N-dealkylation sites (tertiary alicyclic amines) is 1. The fourth-order valence-electron chi connectivity index (χ4n) is 2.22. The number of amides is 1. The Morgan fingerprint density at radius 2 is 2.16 bits per heavy atom. The smallest absolute Gasteiger partial charge is 0.325 e. The van der Waals surface area contributed by atoms with E-state index in [1.165, 1.54) is 4.90 Å². The van der Waals surface area contributed by atoms with E-state index in [2.05, 4.69) is 0 Å². The van der Waals surface area contributed by atoms with Crippen molar-refractivity contribution in [3.05, 3.63) is 34.3 Å². The summed E-state index contributed by atoms with van der Waals surface area (Å²) in [4.78, 5) is 24.9. The predicted molar refractivity (Wildman–Crippen MR) is 71.3 cm³/mol. The second kappa shape index (κ2) is 4.83. The van der Waals surface area contributed by atoms with Crippen molar-refractivity contribution in [2.75, 3.05) is 13.1 Å². The molecule has 0 spiro atoms. The highest BCUT2D eigenvalue weighted by Crippen LogP contribution is 2.23. The molecule has 19 heavy (non-hydrogen) atoms. The van der Waals surface area contributed by atoms with Gasteiger partial charge in [0.05, 0.1) is 0 Å². The van der Waals surface area contributed by atoms with Crippen molar-refractivity contribution in [1.82, 2.24) is 4.90 Å². The highest BCUT2D eigenvalue weighted by atomic mass is 35.5. The van der Waals surface area contributed by atoms with Crippen LogP contribution in [0.1, 0.15) is 22.3 Å². The first-order chi connectivity index (χ1) is 8.83. The number of aryl methyl sites for hydroxylation is 1. The molecule has 1 aromatic rings. The topological polar surface area (TPSA) is 83.6 Å². The Morgan fingerprint density at radius 1 is 1.47 bits per heavy atom. The SMILES string of the molecule is Cc1cc(Cl)ccc1C(=O)N1CCC(N)(C(=O)O)C1. The molecule has 0 saturated carbocycles. The molecular formula is C13H15ClN2O3. The molecule has 1 atom stereocenters. The van der Waals surface area contributed by atoms with Gasteiger partial charge in [0.25, 0.3) is 5.91 Å². The van der Waals surface area contributed by atoms with Gasteiger partial charge in [-0.1, -0.05) is 11.6 Å². The van der Waals surface area contributed by atoms with Crippen LogP contribution < -0.4 is 5.73 Å². The Bertz CT molecular complexity index is 547. The molecule has 0 aromatic heterocycles. The van der Waals surface area contributed by atoms with Gasteiger partial charge in [0.2, 0.25) is 0 Å². The van der Waals surface area contributed by atoms with Crippen LogP contribution in [-0.4, -0.2) is 40.5 Å². The minimum Gasteiger partial charge on any atom is -0.480 e. The summed E-state index contributed by atoms with van der Waals surface area (Å²) in [5, 5.41) is 9.62. The van der Waals surface area contributed by atoms with E-state index in [4.69, 9.17) is 22.4 Å². The van der Waals surface area contributed by atoms with Crippen LogP contribution in [0.4, 0.5) is 0 Å². The average molecular weight is 283 g/mol. The number of nitrogens with two attached hydrogens (primary N) is 1. The quantitative estimate of drug-likeness (QED) is 0.856. The number of halogens is 1. The molecule has 2 rings (SSSR count). The number of hydrogen-bond donors (Lipinski definition) is 2. The maximum Gasteiger partial charge on any atom is 0.325 e. The van der Waals surface area contributed by atoms with Gasteiger partial charge in [0, 0.05) is 23.7 Å². The average Bonchev–Trinajstić information content (AvgIpc) is 2.73. The van der Waals surface area contributed by atoms with E-state index in [1.807, 2.05) is 0 Å². The fraction of sp³-hybridized carbons (Fsp3) is 0.385. The van der Waals surface area contributed by atoms with Crippen LogP contribution in [-0.2, 0) is 4.79 Å². The molecule has 102 valence electrons. The van der Waals surface area contributed by atoms with Crippen molar-refractivity contribution in [2.45, 2.75) is 18.9 Å². The third-order valence-electron chi connectivity index (χ3n) is 3.43. The number of carbonyl (C=O) groups excluding carboxylic acids is 1. The van der Waals surface area contributed by atoms with E-state index >= 15 is 0 Å². The second-order valence-corrected chi connectivity index (χ2v) is 5.33. The van der Waals surface area contributed by atoms with Gasteiger partial charge < -0.3 is 15.7 Å². The number of carboxylic acids is 1.